The zero-order chi connectivity index (χ0) is 21.4. The van der Waals surface area contributed by atoms with Crippen LogP contribution in [-0.4, -0.2) is 40.6 Å². The van der Waals surface area contributed by atoms with E-state index in [1.807, 2.05) is 22.8 Å². The molecule has 0 amide bonds. The summed E-state index contributed by atoms with van der Waals surface area (Å²) in [6, 6.07) is 8.03. The molecule has 0 atom stereocenters. The van der Waals surface area contributed by atoms with Crippen molar-refractivity contribution in [1.29, 1.82) is 0 Å². The number of piperazine rings is 1. The highest BCUT2D eigenvalue weighted by molar-refractivity contribution is 7.18. The molecule has 162 valence electrons. The Hall–Kier alpha value is -2.15. The molecule has 0 N–H and O–H groups in total. The van der Waals surface area contributed by atoms with Crippen molar-refractivity contribution in [3.8, 4) is 0 Å². The second-order valence-electron chi connectivity index (χ2n) is 8.36. The minimum absolute atomic E-state index is 0.0952. The molecule has 5 nitrogen and oxygen atoms in total. The van der Waals surface area contributed by atoms with Crippen LogP contribution in [0.2, 0.25) is 5.02 Å². The van der Waals surface area contributed by atoms with E-state index < -0.39 is 0 Å². The maximum absolute atomic E-state index is 13.5. The van der Waals surface area contributed by atoms with E-state index in [-0.39, 0.29) is 5.56 Å². The van der Waals surface area contributed by atoms with Crippen molar-refractivity contribution in [3.05, 3.63) is 68.3 Å². The Labute approximate surface area is 191 Å². The van der Waals surface area contributed by atoms with Gasteiger partial charge in [0.2, 0.25) is 5.95 Å². The standard InChI is InChI=1S/C24H27ClN4OS/c1-2-11-29-23(30)21-18-8-4-6-10-20(18)31-22(21)26-24(29)28-14-12-27(13-15-28)16-17-7-3-5-9-19(17)25/h2-3,5,7,9H,1,4,6,8,10-16H2. The van der Waals surface area contributed by atoms with Crippen LogP contribution in [0.5, 0.6) is 0 Å². The average Bonchev–Trinajstić information content (AvgIpc) is 3.16. The summed E-state index contributed by atoms with van der Waals surface area (Å²) in [5.41, 5.74) is 2.50. The third-order valence-electron chi connectivity index (χ3n) is 6.37. The SMILES string of the molecule is C=CCn1c(N2CCN(Cc3ccccc3Cl)CC2)nc2sc3c(c2c1=O)CCCC3. The van der Waals surface area contributed by atoms with E-state index in [2.05, 4.69) is 22.4 Å². The summed E-state index contributed by atoms with van der Waals surface area (Å²) in [6.45, 7) is 8.71. The third kappa shape index (κ3) is 3.93. The van der Waals surface area contributed by atoms with Gasteiger partial charge in [-0.05, 0) is 42.9 Å². The number of hydrogen-bond acceptors (Lipinski definition) is 5. The normalized spacial score (nSPS) is 17.1. The summed E-state index contributed by atoms with van der Waals surface area (Å²) in [7, 11) is 0. The maximum atomic E-state index is 13.5. The molecule has 1 fully saturated rings. The molecule has 1 aromatic carbocycles. The van der Waals surface area contributed by atoms with E-state index in [9.17, 15) is 4.79 Å². The van der Waals surface area contributed by atoms with Crippen molar-refractivity contribution >= 4 is 39.1 Å². The van der Waals surface area contributed by atoms with Crippen LogP contribution in [0.1, 0.15) is 28.8 Å². The highest BCUT2D eigenvalue weighted by Crippen LogP contribution is 2.34. The fraction of sp³-hybridized carbons (Fsp3) is 0.417. The smallest absolute Gasteiger partial charge is 0.264 e. The van der Waals surface area contributed by atoms with Gasteiger partial charge in [0.25, 0.3) is 5.56 Å². The van der Waals surface area contributed by atoms with Gasteiger partial charge >= 0.3 is 0 Å². The van der Waals surface area contributed by atoms with Crippen molar-refractivity contribution in [2.45, 2.75) is 38.8 Å². The second-order valence-corrected chi connectivity index (χ2v) is 9.85. The predicted octanol–water partition coefficient (Wildman–Crippen LogP) is 4.50. The van der Waals surface area contributed by atoms with Gasteiger partial charge in [0.1, 0.15) is 4.83 Å². The van der Waals surface area contributed by atoms with Crippen LogP contribution in [0, 0.1) is 0 Å². The molecule has 2 aromatic heterocycles. The van der Waals surface area contributed by atoms with E-state index in [1.165, 1.54) is 16.9 Å². The number of fused-ring (bicyclic) bond motifs is 3. The minimum atomic E-state index is 0.0952. The van der Waals surface area contributed by atoms with Crippen molar-refractivity contribution in [2.75, 3.05) is 31.1 Å². The van der Waals surface area contributed by atoms with Crippen molar-refractivity contribution in [2.24, 2.45) is 0 Å². The van der Waals surface area contributed by atoms with E-state index in [4.69, 9.17) is 16.6 Å². The number of aryl methyl sites for hydroxylation is 2. The lowest BCUT2D eigenvalue weighted by Crippen LogP contribution is -2.48. The lowest BCUT2D eigenvalue weighted by Gasteiger charge is -2.36. The lowest BCUT2D eigenvalue weighted by molar-refractivity contribution is 0.248. The number of halogens is 1. The van der Waals surface area contributed by atoms with Gasteiger partial charge in [-0.1, -0.05) is 35.9 Å². The first-order valence-corrected chi connectivity index (χ1v) is 12.2. The number of hydrogen-bond donors (Lipinski definition) is 0. The summed E-state index contributed by atoms with van der Waals surface area (Å²) >= 11 is 8.07. The predicted molar refractivity (Wildman–Crippen MR) is 130 cm³/mol. The lowest BCUT2D eigenvalue weighted by atomic mass is 9.97. The highest BCUT2D eigenvalue weighted by Gasteiger charge is 2.26. The van der Waals surface area contributed by atoms with Crippen molar-refractivity contribution in [1.82, 2.24) is 14.5 Å². The molecule has 0 unspecified atom stereocenters. The van der Waals surface area contributed by atoms with Crippen LogP contribution in [0.4, 0.5) is 5.95 Å². The Balaban J connectivity index is 1.42. The fourth-order valence-electron chi connectivity index (χ4n) is 4.74. The average molecular weight is 455 g/mol. The fourth-order valence-corrected chi connectivity index (χ4v) is 6.18. The van der Waals surface area contributed by atoms with Gasteiger partial charge in [-0.15, -0.1) is 17.9 Å². The molecule has 5 rings (SSSR count). The Morgan fingerprint density at radius 2 is 1.90 bits per heavy atom. The second kappa shape index (κ2) is 8.77. The first-order valence-electron chi connectivity index (χ1n) is 11.0. The molecule has 1 aliphatic carbocycles. The molecule has 7 heteroatoms. The number of benzene rings is 1. The topological polar surface area (TPSA) is 41.4 Å². The highest BCUT2D eigenvalue weighted by atomic mass is 35.5. The number of allylic oxidation sites excluding steroid dienone is 1. The van der Waals surface area contributed by atoms with E-state index in [1.54, 1.807) is 17.4 Å². The van der Waals surface area contributed by atoms with Crippen LogP contribution in [0.25, 0.3) is 10.2 Å². The molecule has 3 heterocycles. The van der Waals surface area contributed by atoms with Crippen LogP contribution < -0.4 is 10.5 Å². The van der Waals surface area contributed by atoms with Gasteiger partial charge in [0.05, 0.1) is 5.39 Å². The van der Waals surface area contributed by atoms with Gasteiger partial charge in [-0.25, -0.2) is 4.98 Å². The molecular weight excluding hydrogens is 428 g/mol. The molecule has 1 aliphatic heterocycles. The van der Waals surface area contributed by atoms with Crippen LogP contribution >= 0.6 is 22.9 Å². The molecule has 3 aromatic rings. The van der Waals surface area contributed by atoms with Gasteiger partial charge in [-0.2, -0.15) is 0 Å². The Morgan fingerprint density at radius 3 is 2.68 bits per heavy atom. The van der Waals surface area contributed by atoms with Gasteiger partial charge < -0.3 is 4.90 Å². The summed E-state index contributed by atoms with van der Waals surface area (Å²) in [6.07, 6.45) is 6.24. The number of thiophene rings is 1. The van der Waals surface area contributed by atoms with Gasteiger partial charge in [0.15, 0.2) is 0 Å². The zero-order valence-electron chi connectivity index (χ0n) is 17.6. The number of anilines is 1. The third-order valence-corrected chi connectivity index (χ3v) is 7.93. The minimum Gasteiger partial charge on any atom is -0.340 e. The number of rotatable bonds is 5. The molecule has 2 aliphatic rings. The summed E-state index contributed by atoms with van der Waals surface area (Å²) in [4.78, 5) is 25.5. The summed E-state index contributed by atoms with van der Waals surface area (Å²) in [5, 5.41) is 1.67. The molecule has 0 spiro atoms. The largest absolute Gasteiger partial charge is 0.340 e. The van der Waals surface area contributed by atoms with E-state index >= 15 is 0 Å². The first-order chi connectivity index (χ1) is 15.2. The van der Waals surface area contributed by atoms with Crippen molar-refractivity contribution in [3.63, 3.8) is 0 Å². The van der Waals surface area contributed by atoms with Crippen molar-refractivity contribution < 1.29 is 0 Å². The molecule has 0 saturated carbocycles. The van der Waals surface area contributed by atoms with Crippen LogP contribution in [-0.2, 0) is 25.9 Å². The Kier molecular flexibility index (Phi) is 5.87. The maximum Gasteiger partial charge on any atom is 0.264 e. The van der Waals surface area contributed by atoms with Gasteiger partial charge in [0, 0.05) is 49.2 Å². The molecule has 0 radical (unpaired) electrons. The first kappa shape index (κ1) is 20.7. The summed E-state index contributed by atoms with van der Waals surface area (Å²) in [5.74, 6) is 0.786. The van der Waals surface area contributed by atoms with E-state index in [0.717, 1.165) is 78.7 Å². The van der Waals surface area contributed by atoms with Crippen LogP contribution in [0.15, 0.2) is 41.7 Å². The summed E-state index contributed by atoms with van der Waals surface area (Å²) < 4.78 is 1.82. The molecule has 0 bridgehead atoms. The monoisotopic (exact) mass is 454 g/mol. The molecule has 1 saturated heterocycles. The Morgan fingerprint density at radius 1 is 1.13 bits per heavy atom. The Bertz CT molecular complexity index is 1180. The number of nitrogens with zero attached hydrogens (tertiary/aromatic N) is 4. The molecular formula is C24H27ClN4OS. The van der Waals surface area contributed by atoms with E-state index in [0.29, 0.717) is 6.54 Å². The molecule has 31 heavy (non-hydrogen) atoms. The van der Waals surface area contributed by atoms with Gasteiger partial charge in [-0.3, -0.25) is 14.3 Å². The quantitative estimate of drug-likeness (QED) is 0.532. The zero-order valence-corrected chi connectivity index (χ0v) is 19.2. The van der Waals surface area contributed by atoms with Crippen LogP contribution in [0.3, 0.4) is 0 Å². The number of aromatic nitrogens is 2.